The van der Waals surface area contributed by atoms with E-state index in [9.17, 15) is 18.0 Å². The second-order valence-corrected chi connectivity index (χ2v) is 9.26. The van der Waals surface area contributed by atoms with Crippen molar-refractivity contribution in [2.75, 3.05) is 20.6 Å². The van der Waals surface area contributed by atoms with Crippen LogP contribution in [0.15, 0.2) is 29.2 Å². The molecule has 1 amide bonds. The molecule has 0 radical (unpaired) electrons. The molecule has 0 heterocycles. The summed E-state index contributed by atoms with van der Waals surface area (Å²) in [5.41, 5.74) is 0.0878. The third-order valence-corrected chi connectivity index (χ3v) is 6.60. The van der Waals surface area contributed by atoms with Crippen molar-refractivity contribution in [2.24, 2.45) is 5.92 Å². The minimum Gasteiger partial charge on any atom is -0.449 e. The van der Waals surface area contributed by atoms with E-state index in [0.717, 1.165) is 17.1 Å². The summed E-state index contributed by atoms with van der Waals surface area (Å²) in [6, 6.07) is 5.60. The van der Waals surface area contributed by atoms with Crippen molar-refractivity contribution in [3.63, 3.8) is 0 Å². The third kappa shape index (κ3) is 5.77. The van der Waals surface area contributed by atoms with E-state index in [1.54, 1.807) is 0 Å². The number of amides is 1. The normalized spacial score (nSPS) is 16.7. The van der Waals surface area contributed by atoms with Crippen LogP contribution in [-0.2, 0) is 19.6 Å². The average molecular weight is 397 g/mol. The molecule has 1 saturated carbocycles. The highest BCUT2D eigenvalue weighted by molar-refractivity contribution is 7.89. The molecular formula is C19H28N2O5S. The van der Waals surface area contributed by atoms with Crippen molar-refractivity contribution in [1.29, 1.82) is 0 Å². The van der Waals surface area contributed by atoms with E-state index in [1.807, 2.05) is 0 Å². The minimum atomic E-state index is -3.65. The number of hydrogen-bond acceptors (Lipinski definition) is 5. The molecule has 8 heteroatoms. The lowest BCUT2D eigenvalue weighted by atomic mass is 9.89. The van der Waals surface area contributed by atoms with Crippen molar-refractivity contribution < 1.29 is 22.7 Å². The second-order valence-electron chi connectivity index (χ2n) is 7.11. The van der Waals surface area contributed by atoms with Gasteiger partial charge in [-0.25, -0.2) is 17.5 Å². The Kier molecular flexibility index (Phi) is 7.38. The zero-order chi connectivity index (χ0) is 20.0. The largest absolute Gasteiger partial charge is 0.449 e. The van der Waals surface area contributed by atoms with Crippen LogP contribution in [0.2, 0.25) is 0 Å². The molecule has 7 nitrogen and oxygen atoms in total. The number of carbonyl (C=O) groups excluding carboxylic acids is 2. The van der Waals surface area contributed by atoms with Crippen molar-refractivity contribution in [3.05, 3.63) is 29.8 Å². The third-order valence-electron chi connectivity index (χ3n) is 4.79. The van der Waals surface area contributed by atoms with Crippen LogP contribution in [0, 0.1) is 5.92 Å². The first-order valence-corrected chi connectivity index (χ1v) is 10.7. The molecule has 0 saturated heterocycles. The maximum Gasteiger partial charge on any atom is 0.338 e. The van der Waals surface area contributed by atoms with Crippen molar-refractivity contribution in [2.45, 2.75) is 50.0 Å². The number of ether oxygens (including phenoxy) is 1. The quantitative estimate of drug-likeness (QED) is 0.713. The highest BCUT2D eigenvalue weighted by Gasteiger charge is 2.23. The lowest BCUT2D eigenvalue weighted by Gasteiger charge is -2.22. The highest BCUT2D eigenvalue weighted by atomic mass is 32.2. The number of nitrogens with zero attached hydrogens (tertiary/aromatic N) is 1. The Morgan fingerprint density at radius 2 is 1.89 bits per heavy atom. The van der Waals surface area contributed by atoms with E-state index in [2.05, 4.69) is 5.32 Å². The maximum atomic E-state index is 12.3. The fourth-order valence-corrected chi connectivity index (χ4v) is 4.00. The van der Waals surface area contributed by atoms with Crippen LogP contribution < -0.4 is 5.32 Å². The molecule has 150 valence electrons. The molecule has 0 spiro atoms. The number of benzene rings is 1. The first kappa shape index (κ1) is 21.4. The van der Waals surface area contributed by atoms with Crippen LogP contribution >= 0.6 is 0 Å². The monoisotopic (exact) mass is 396 g/mol. The van der Waals surface area contributed by atoms with Gasteiger partial charge in [0.2, 0.25) is 10.0 Å². The van der Waals surface area contributed by atoms with Crippen molar-refractivity contribution in [1.82, 2.24) is 9.62 Å². The van der Waals surface area contributed by atoms with Crippen LogP contribution in [0.3, 0.4) is 0 Å². The predicted molar refractivity (Wildman–Crippen MR) is 102 cm³/mol. The Hall–Kier alpha value is -1.93. The van der Waals surface area contributed by atoms with E-state index in [1.165, 1.54) is 64.5 Å². The molecule has 0 aromatic heterocycles. The van der Waals surface area contributed by atoms with Gasteiger partial charge in [0.1, 0.15) is 0 Å². The molecule has 0 aliphatic heterocycles. The van der Waals surface area contributed by atoms with Gasteiger partial charge in [-0.3, -0.25) is 4.79 Å². The van der Waals surface area contributed by atoms with Gasteiger partial charge in [-0.2, -0.15) is 0 Å². The van der Waals surface area contributed by atoms with Gasteiger partial charge in [-0.15, -0.1) is 0 Å². The Balaban J connectivity index is 1.94. The standard InChI is InChI=1S/C19H28N2O5S/c1-14(18(22)20-13-15-8-5-4-6-9-15)26-19(23)16-10-7-11-17(12-16)27(24,25)21(2)3/h7,10-12,14-15H,4-6,8-9,13H2,1-3H3,(H,20,22)/t14-/m0/s1. The Morgan fingerprint density at radius 3 is 2.52 bits per heavy atom. The highest BCUT2D eigenvalue weighted by Crippen LogP contribution is 2.22. The zero-order valence-electron chi connectivity index (χ0n) is 16.1. The molecular weight excluding hydrogens is 368 g/mol. The van der Waals surface area contributed by atoms with Crippen LogP contribution in [0.1, 0.15) is 49.4 Å². The number of sulfonamides is 1. The van der Waals surface area contributed by atoms with Crippen molar-refractivity contribution >= 4 is 21.9 Å². The van der Waals surface area contributed by atoms with Gasteiger partial charge < -0.3 is 10.1 Å². The van der Waals surface area contributed by atoms with Crippen LogP contribution in [0.5, 0.6) is 0 Å². The van der Waals surface area contributed by atoms with Gasteiger partial charge in [-0.05, 0) is 43.9 Å². The number of rotatable bonds is 7. The molecule has 1 atom stereocenters. The Labute approximate surface area is 161 Å². The molecule has 1 aliphatic carbocycles. The smallest absolute Gasteiger partial charge is 0.338 e. The summed E-state index contributed by atoms with van der Waals surface area (Å²) >= 11 is 0. The summed E-state index contributed by atoms with van der Waals surface area (Å²) in [6.07, 6.45) is 4.91. The van der Waals surface area contributed by atoms with Crippen LogP contribution in [-0.4, -0.2) is 51.3 Å². The van der Waals surface area contributed by atoms with Gasteiger partial charge in [0.15, 0.2) is 6.10 Å². The Bertz CT molecular complexity index is 770. The summed E-state index contributed by atoms with van der Waals surface area (Å²) in [6.45, 7) is 2.10. The number of esters is 1. The first-order chi connectivity index (χ1) is 12.7. The minimum absolute atomic E-state index is 0.00338. The van der Waals surface area contributed by atoms with Gasteiger partial charge in [0.05, 0.1) is 10.5 Å². The van der Waals surface area contributed by atoms with E-state index < -0.39 is 22.1 Å². The van der Waals surface area contributed by atoms with E-state index in [4.69, 9.17) is 4.74 Å². The topological polar surface area (TPSA) is 92.8 Å². The average Bonchev–Trinajstić information content (AvgIpc) is 2.66. The number of hydrogen-bond donors (Lipinski definition) is 1. The molecule has 1 N–H and O–H groups in total. The lowest BCUT2D eigenvalue weighted by Crippen LogP contribution is -2.38. The van der Waals surface area contributed by atoms with E-state index >= 15 is 0 Å². The molecule has 0 bridgehead atoms. The lowest BCUT2D eigenvalue weighted by molar-refractivity contribution is -0.129. The van der Waals surface area contributed by atoms with Gasteiger partial charge >= 0.3 is 5.97 Å². The molecule has 2 rings (SSSR count). The number of nitrogens with one attached hydrogen (secondary N) is 1. The molecule has 1 fully saturated rings. The summed E-state index contributed by atoms with van der Waals surface area (Å²) in [5.74, 6) is -0.587. The van der Waals surface area contributed by atoms with E-state index in [-0.39, 0.29) is 16.4 Å². The predicted octanol–water partition coefficient (Wildman–Crippen LogP) is 2.18. The molecule has 1 aliphatic rings. The summed E-state index contributed by atoms with van der Waals surface area (Å²) < 4.78 is 30.6. The van der Waals surface area contributed by atoms with E-state index in [0.29, 0.717) is 12.5 Å². The summed E-state index contributed by atoms with van der Waals surface area (Å²) in [4.78, 5) is 24.5. The SMILES string of the molecule is C[C@H](OC(=O)c1cccc(S(=O)(=O)N(C)C)c1)C(=O)NCC1CCCCC1. The molecule has 27 heavy (non-hydrogen) atoms. The van der Waals surface area contributed by atoms with Crippen molar-refractivity contribution in [3.8, 4) is 0 Å². The van der Waals surface area contributed by atoms with Crippen LogP contribution in [0.4, 0.5) is 0 Å². The Morgan fingerprint density at radius 1 is 1.22 bits per heavy atom. The summed E-state index contributed by atoms with van der Waals surface area (Å²) in [7, 11) is -0.821. The first-order valence-electron chi connectivity index (χ1n) is 9.23. The van der Waals surface area contributed by atoms with Gasteiger partial charge in [-0.1, -0.05) is 25.3 Å². The molecule has 1 aromatic carbocycles. The second kappa shape index (κ2) is 9.32. The molecule has 0 unspecified atom stereocenters. The summed E-state index contributed by atoms with van der Waals surface area (Å²) in [5, 5.41) is 2.84. The fourth-order valence-electron chi connectivity index (χ4n) is 3.06. The zero-order valence-corrected chi connectivity index (χ0v) is 16.9. The van der Waals surface area contributed by atoms with Gasteiger partial charge in [0.25, 0.3) is 5.91 Å². The maximum absolute atomic E-state index is 12.3. The molecule has 1 aromatic rings. The fraction of sp³-hybridized carbons (Fsp3) is 0.579. The number of carbonyl (C=O) groups is 2. The van der Waals surface area contributed by atoms with Gasteiger partial charge in [0, 0.05) is 20.6 Å². The van der Waals surface area contributed by atoms with Crippen LogP contribution in [0.25, 0.3) is 0 Å².